The van der Waals surface area contributed by atoms with E-state index < -0.39 is 0 Å². The van der Waals surface area contributed by atoms with Crippen LogP contribution >= 0.6 is 0 Å². The molecule has 0 spiro atoms. The normalized spacial score (nSPS) is 19.5. The Labute approximate surface area is 131 Å². The maximum atomic E-state index is 2.44. The molecule has 1 aromatic heterocycles. The van der Waals surface area contributed by atoms with Crippen molar-refractivity contribution in [3.8, 4) is 11.3 Å². The van der Waals surface area contributed by atoms with E-state index in [1.165, 1.54) is 27.6 Å². The van der Waals surface area contributed by atoms with Crippen LogP contribution < -0.4 is 4.57 Å². The maximum absolute atomic E-state index is 2.44. The van der Waals surface area contributed by atoms with Crippen LogP contribution in [0.25, 0.3) is 28.1 Å². The topological polar surface area (TPSA) is 3.88 Å². The number of fused-ring (bicyclic) bond motifs is 5. The molecular weight excluding hydrogens is 266 g/mol. The van der Waals surface area contributed by atoms with Gasteiger partial charge in [-0.25, -0.2) is 0 Å². The SMILES string of the molecule is CCC1(C)C=Cc2ccccc2-c2c3ccccc3cc[n+]21. The van der Waals surface area contributed by atoms with E-state index in [4.69, 9.17) is 0 Å². The third kappa shape index (κ3) is 1.82. The van der Waals surface area contributed by atoms with Crippen molar-refractivity contribution in [1.29, 1.82) is 0 Å². The van der Waals surface area contributed by atoms with Gasteiger partial charge >= 0.3 is 0 Å². The second-order valence-corrected chi connectivity index (χ2v) is 6.25. The first-order valence-electron chi connectivity index (χ1n) is 7.95. The minimum absolute atomic E-state index is 0.00160. The predicted octanol–water partition coefficient (Wildman–Crippen LogP) is 4.95. The molecule has 1 aliphatic rings. The van der Waals surface area contributed by atoms with Crippen LogP contribution in [0.4, 0.5) is 0 Å². The van der Waals surface area contributed by atoms with E-state index >= 15 is 0 Å². The Balaban J connectivity index is 2.20. The first kappa shape index (κ1) is 13.3. The van der Waals surface area contributed by atoms with Gasteiger partial charge in [0.2, 0.25) is 5.69 Å². The van der Waals surface area contributed by atoms with Gasteiger partial charge in [-0.2, -0.15) is 4.57 Å². The standard InChI is InChI=1S/C21H20N/c1-3-21(2)14-12-16-8-4-6-10-18(16)20-19-11-7-5-9-17(19)13-15-22(20)21/h4-15H,3H2,1-2H3/q+1. The van der Waals surface area contributed by atoms with Crippen LogP contribution in [0.5, 0.6) is 0 Å². The quantitative estimate of drug-likeness (QED) is 0.557. The fraction of sp³-hybridized carbons (Fsp3) is 0.190. The Hall–Kier alpha value is -2.41. The predicted molar refractivity (Wildman–Crippen MR) is 92.6 cm³/mol. The van der Waals surface area contributed by atoms with Gasteiger partial charge < -0.3 is 0 Å². The molecule has 0 saturated carbocycles. The number of rotatable bonds is 1. The van der Waals surface area contributed by atoms with E-state index in [0.29, 0.717) is 0 Å². The van der Waals surface area contributed by atoms with Crippen LogP contribution in [0.2, 0.25) is 0 Å². The highest BCUT2D eigenvalue weighted by Gasteiger charge is 2.36. The van der Waals surface area contributed by atoms with Crippen molar-refractivity contribution in [1.82, 2.24) is 0 Å². The second-order valence-electron chi connectivity index (χ2n) is 6.25. The molecule has 0 bridgehead atoms. The second kappa shape index (κ2) is 4.81. The largest absolute Gasteiger partial charge is 0.221 e. The molecule has 22 heavy (non-hydrogen) atoms. The Morgan fingerprint density at radius 3 is 2.59 bits per heavy atom. The molecule has 2 heterocycles. The molecule has 0 radical (unpaired) electrons. The van der Waals surface area contributed by atoms with Gasteiger partial charge in [-0.15, -0.1) is 0 Å². The molecule has 1 aliphatic heterocycles. The maximum Gasteiger partial charge on any atom is 0.221 e. The Morgan fingerprint density at radius 1 is 0.955 bits per heavy atom. The summed E-state index contributed by atoms with van der Waals surface area (Å²) in [7, 11) is 0. The zero-order valence-corrected chi connectivity index (χ0v) is 13.1. The van der Waals surface area contributed by atoms with Gasteiger partial charge in [0, 0.05) is 19.4 Å². The highest BCUT2D eigenvalue weighted by Crippen LogP contribution is 2.34. The molecule has 0 N–H and O–H groups in total. The zero-order valence-electron chi connectivity index (χ0n) is 13.1. The van der Waals surface area contributed by atoms with Gasteiger partial charge in [0.25, 0.3) is 0 Å². The molecule has 1 nitrogen and oxygen atoms in total. The molecule has 4 rings (SSSR count). The molecule has 2 aromatic carbocycles. The van der Waals surface area contributed by atoms with Crippen molar-refractivity contribution in [3.05, 3.63) is 72.4 Å². The van der Waals surface area contributed by atoms with Crippen molar-refractivity contribution in [2.75, 3.05) is 0 Å². The Kier molecular flexibility index (Phi) is 2.90. The number of aromatic nitrogens is 1. The molecule has 0 aliphatic carbocycles. The summed E-state index contributed by atoms with van der Waals surface area (Å²) >= 11 is 0. The van der Waals surface area contributed by atoms with Gasteiger partial charge in [-0.3, -0.25) is 0 Å². The molecule has 1 unspecified atom stereocenters. The summed E-state index contributed by atoms with van der Waals surface area (Å²) in [5.41, 5.74) is 3.93. The van der Waals surface area contributed by atoms with E-state index in [1.807, 2.05) is 0 Å². The summed E-state index contributed by atoms with van der Waals surface area (Å²) in [4.78, 5) is 0. The average molecular weight is 286 g/mol. The first-order chi connectivity index (χ1) is 10.7. The number of hydrogen-bond donors (Lipinski definition) is 0. The van der Waals surface area contributed by atoms with Gasteiger partial charge in [-0.1, -0.05) is 49.4 Å². The smallest absolute Gasteiger partial charge is 0.189 e. The van der Waals surface area contributed by atoms with E-state index in [-0.39, 0.29) is 5.54 Å². The molecule has 1 heteroatoms. The number of nitrogens with zero attached hydrogens (tertiary/aromatic N) is 1. The van der Waals surface area contributed by atoms with Gasteiger partial charge in [-0.05, 0) is 29.2 Å². The summed E-state index contributed by atoms with van der Waals surface area (Å²) in [6.45, 7) is 4.57. The van der Waals surface area contributed by atoms with Crippen molar-refractivity contribution >= 4 is 16.8 Å². The summed E-state index contributed by atoms with van der Waals surface area (Å²) in [5, 5.41) is 2.62. The lowest BCUT2D eigenvalue weighted by Crippen LogP contribution is -2.53. The van der Waals surface area contributed by atoms with Crippen LogP contribution in [0.1, 0.15) is 25.8 Å². The summed E-state index contributed by atoms with van der Waals surface area (Å²) in [5.74, 6) is 0. The highest BCUT2D eigenvalue weighted by atomic mass is 15.0. The fourth-order valence-corrected chi connectivity index (χ4v) is 3.41. The first-order valence-corrected chi connectivity index (χ1v) is 7.95. The molecule has 3 aromatic rings. The third-order valence-electron chi connectivity index (χ3n) is 4.96. The van der Waals surface area contributed by atoms with Crippen molar-refractivity contribution in [2.45, 2.75) is 25.8 Å². The number of benzene rings is 2. The third-order valence-corrected chi connectivity index (χ3v) is 4.96. The summed E-state index contributed by atoms with van der Waals surface area (Å²) < 4.78 is 2.44. The Bertz CT molecular complexity index is 891. The van der Waals surface area contributed by atoms with E-state index in [2.05, 4.69) is 91.4 Å². The van der Waals surface area contributed by atoms with E-state index in [1.54, 1.807) is 0 Å². The Morgan fingerprint density at radius 2 is 1.73 bits per heavy atom. The van der Waals surface area contributed by atoms with Crippen molar-refractivity contribution in [2.24, 2.45) is 0 Å². The zero-order chi connectivity index (χ0) is 15.2. The van der Waals surface area contributed by atoms with Crippen LogP contribution in [0.3, 0.4) is 0 Å². The summed E-state index contributed by atoms with van der Waals surface area (Å²) in [6.07, 6.45) is 7.93. The summed E-state index contributed by atoms with van der Waals surface area (Å²) in [6, 6.07) is 19.6. The lowest BCUT2D eigenvalue weighted by atomic mass is 9.96. The van der Waals surface area contributed by atoms with E-state index in [0.717, 1.165) is 6.42 Å². The highest BCUT2D eigenvalue weighted by molar-refractivity contribution is 5.95. The van der Waals surface area contributed by atoms with Crippen LogP contribution in [0, 0.1) is 0 Å². The molecule has 1 atom stereocenters. The van der Waals surface area contributed by atoms with Crippen LogP contribution in [0.15, 0.2) is 66.9 Å². The van der Waals surface area contributed by atoms with Gasteiger partial charge in [0.05, 0.1) is 10.9 Å². The molecular formula is C21H20N+. The molecule has 108 valence electrons. The monoisotopic (exact) mass is 286 g/mol. The molecule has 0 saturated heterocycles. The number of allylic oxidation sites excluding steroid dienone is 1. The fourth-order valence-electron chi connectivity index (χ4n) is 3.41. The molecule has 0 fully saturated rings. The van der Waals surface area contributed by atoms with E-state index in [9.17, 15) is 0 Å². The van der Waals surface area contributed by atoms with Crippen LogP contribution in [-0.4, -0.2) is 0 Å². The van der Waals surface area contributed by atoms with Gasteiger partial charge in [0.15, 0.2) is 11.7 Å². The number of pyridine rings is 1. The van der Waals surface area contributed by atoms with Crippen LogP contribution in [-0.2, 0) is 5.54 Å². The molecule has 0 amide bonds. The number of hydrogen-bond acceptors (Lipinski definition) is 0. The lowest BCUT2D eigenvalue weighted by Gasteiger charge is -2.21. The van der Waals surface area contributed by atoms with Crippen molar-refractivity contribution in [3.63, 3.8) is 0 Å². The van der Waals surface area contributed by atoms with Gasteiger partial charge in [0.1, 0.15) is 0 Å². The average Bonchev–Trinajstić information content (AvgIpc) is 2.71. The van der Waals surface area contributed by atoms with Crippen molar-refractivity contribution < 1.29 is 4.57 Å². The lowest BCUT2D eigenvalue weighted by molar-refractivity contribution is -0.738. The minimum atomic E-state index is -0.00160. The minimum Gasteiger partial charge on any atom is -0.189 e.